The lowest BCUT2D eigenvalue weighted by atomic mass is 10.2. The van der Waals surface area contributed by atoms with Crippen LogP contribution in [0.3, 0.4) is 0 Å². The summed E-state index contributed by atoms with van der Waals surface area (Å²) in [7, 11) is 1.60. The number of hydrogen-bond donors (Lipinski definition) is 0. The fraction of sp³-hybridized carbons (Fsp3) is 0.286. The number of imide groups is 1. The molecular formula is C14H13I2NO3S. The normalized spacial score (nSPS) is 17.0. The lowest BCUT2D eigenvalue weighted by Gasteiger charge is -2.10. The molecule has 1 fully saturated rings. The number of carbonyl (C=O) groups excluding carboxylic acids is 2. The molecule has 1 aromatic rings. The van der Waals surface area contributed by atoms with Gasteiger partial charge in [0.25, 0.3) is 11.1 Å². The van der Waals surface area contributed by atoms with Gasteiger partial charge in [-0.1, -0.05) is 6.92 Å². The third-order valence-electron chi connectivity index (χ3n) is 2.85. The minimum absolute atomic E-state index is 0.201. The van der Waals surface area contributed by atoms with Crippen molar-refractivity contribution < 1.29 is 14.3 Å². The fourth-order valence-corrected chi connectivity index (χ4v) is 4.93. The highest BCUT2D eigenvalue weighted by atomic mass is 127. The van der Waals surface area contributed by atoms with E-state index >= 15 is 0 Å². The van der Waals surface area contributed by atoms with E-state index in [1.165, 1.54) is 4.90 Å². The Morgan fingerprint density at radius 1 is 1.33 bits per heavy atom. The van der Waals surface area contributed by atoms with Crippen molar-refractivity contribution in [1.29, 1.82) is 0 Å². The second-order valence-corrected chi connectivity index (χ2v) is 7.74. The highest BCUT2D eigenvalue weighted by Crippen LogP contribution is 2.36. The van der Waals surface area contributed by atoms with E-state index < -0.39 is 0 Å². The summed E-state index contributed by atoms with van der Waals surface area (Å²) >= 11 is 5.40. The first-order valence-electron chi connectivity index (χ1n) is 6.26. The van der Waals surface area contributed by atoms with Gasteiger partial charge in [-0.3, -0.25) is 14.5 Å². The van der Waals surface area contributed by atoms with Crippen LogP contribution >= 0.6 is 56.9 Å². The Balaban J connectivity index is 2.41. The molecule has 0 radical (unpaired) electrons. The molecular weight excluding hydrogens is 516 g/mol. The van der Waals surface area contributed by atoms with Gasteiger partial charge < -0.3 is 4.74 Å². The van der Waals surface area contributed by atoms with Crippen molar-refractivity contribution in [1.82, 2.24) is 4.90 Å². The van der Waals surface area contributed by atoms with E-state index in [0.29, 0.717) is 11.4 Å². The van der Waals surface area contributed by atoms with Crippen LogP contribution in [-0.4, -0.2) is 29.7 Å². The van der Waals surface area contributed by atoms with Crippen LogP contribution < -0.4 is 4.74 Å². The predicted octanol–water partition coefficient (Wildman–Crippen LogP) is 4.35. The molecule has 0 unspecified atom stereocenters. The third kappa shape index (κ3) is 3.73. The van der Waals surface area contributed by atoms with Crippen LogP contribution in [0.5, 0.6) is 5.75 Å². The van der Waals surface area contributed by atoms with Gasteiger partial charge in [0.2, 0.25) is 0 Å². The zero-order chi connectivity index (χ0) is 15.6. The molecule has 21 heavy (non-hydrogen) atoms. The van der Waals surface area contributed by atoms with Gasteiger partial charge in [0, 0.05) is 15.7 Å². The SMILES string of the molecule is CCCN1C(=O)S/C(=C/c2cc(I)cc(I)c2OC)C1=O. The number of methoxy groups -OCH3 is 1. The standard InChI is InChI=1S/C14H13I2NO3S/c1-3-4-17-13(18)11(21-14(17)19)6-8-5-9(15)7-10(16)12(8)20-2/h5-7H,3-4H2,1-2H3/b11-6+. The Kier molecular flexibility index (Phi) is 5.95. The second kappa shape index (κ2) is 7.32. The number of nitrogens with zero attached hydrogens (tertiary/aromatic N) is 1. The van der Waals surface area contributed by atoms with E-state index in [0.717, 1.165) is 36.6 Å². The summed E-state index contributed by atoms with van der Waals surface area (Å²) in [6, 6.07) is 3.94. The highest BCUT2D eigenvalue weighted by Gasteiger charge is 2.34. The maximum atomic E-state index is 12.3. The number of rotatable bonds is 4. The summed E-state index contributed by atoms with van der Waals surface area (Å²) in [5.41, 5.74) is 0.816. The first-order chi connectivity index (χ1) is 9.97. The number of ether oxygens (including phenoxy) is 1. The van der Waals surface area contributed by atoms with Crippen molar-refractivity contribution in [3.05, 3.63) is 29.7 Å². The summed E-state index contributed by atoms with van der Waals surface area (Å²) in [6.45, 7) is 2.40. The quantitative estimate of drug-likeness (QED) is 0.430. The molecule has 2 amide bonds. The Morgan fingerprint density at radius 3 is 2.67 bits per heavy atom. The third-order valence-corrected chi connectivity index (χ3v) is 5.18. The minimum atomic E-state index is -0.220. The number of hydrogen-bond acceptors (Lipinski definition) is 4. The molecule has 4 nitrogen and oxygen atoms in total. The van der Waals surface area contributed by atoms with E-state index in [9.17, 15) is 9.59 Å². The van der Waals surface area contributed by atoms with Crippen molar-refractivity contribution >= 4 is 74.2 Å². The zero-order valence-corrected chi connectivity index (χ0v) is 16.6. The zero-order valence-electron chi connectivity index (χ0n) is 11.5. The van der Waals surface area contributed by atoms with Gasteiger partial charge in [-0.25, -0.2) is 0 Å². The molecule has 1 saturated heterocycles. The first-order valence-corrected chi connectivity index (χ1v) is 9.23. The summed E-state index contributed by atoms with van der Waals surface area (Å²) in [5, 5.41) is -0.201. The molecule has 0 aliphatic carbocycles. The van der Waals surface area contributed by atoms with Gasteiger partial charge in [0.15, 0.2) is 0 Å². The number of benzene rings is 1. The lowest BCUT2D eigenvalue weighted by Crippen LogP contribution is -2.28. The van der Waals surface area contributed by atoms with Gasteiger partial charge in [-0.2, -0.15) is 0 Å². The van der Waals surface area contributed by atoms with Crippen LogP contribution in [-0.2, 0) is 4.79 Å². The van der Waals surface area contributed by atoms with Gasteiger partial charge >= 0.3 is 0 Å². The molecule has 1 aliphatic rings. The van der Waals surface area contributed by atoms with E-state index in [2.05, 4.69) is 45.2 Å². The van der Waals surface area contributed by atoms with Crippen molar-refractivity contribution in [2.45, 2.75) is 13.3 Å². The Bertz CT molecular complexity index is 631. The van der Waals surface area contributed by atoms with Gasteiger partial charge in [-0.15, -0.1) is 0 Å². The Hall–Kier alpha value is -0.290. The molecule has 0 aromatic heterocycles. The van der Waals surface area contributed by atoms with E-state index in [4.69, 9.17) is 4.74 Å². The van der Waals surface area contributed by atoms with Crippen molar-refractivity contribution in [2.75, 3.05) is 13.7 Å². The van der Waals surface area contributed by atoms with Gasteiger partial charge in [0.1, 0.15) is 5.75 Å². The molecule has 0 saturated carbocycles. The van der Waals surface area contributed by atoms with Crippen LogP contribution in [0.1, 0.15) is 18.9 Å². The molecule has 0 spiro atoms. The molecule has 0 bridgehead atoms. The summed E-state index contributed by atoms with van der Waals surface area (Å²) < 4.78 is 7.43. The molecule has 2 rings (SSSR count). The lowest BCUT2D eigenvalue weighted by molar-refractivity contribution is -0.122. The molecule has 112 valence electrons. The second-order valence-electron chi connectivity index (χ2n) is 4.34. The Labute approximate surface area is 154 Å². The van der Waals surface area contributed by atoms with Crippen LogP contribution in [0.25, 0.3) is 6.08 Å². The van der Waals surface area contributed by atoms with Crippen molar-refractivity contribution in [2.24, 2.45) is 0 Å². The van der Waals surface area contributed by atoms with E-state index in [-0.39, 0.29) is 11.1 Å². The van der Waals surface area contributed by atoms with Crippen LogP contribution in [0, 0.1) is 7.14 Å². The average molecular weight is 529 g/mol. The van der Waals surface area contributed by atoms with Gasteiger partial charge in [0.05, 0.1) is 15.6 Å². The summed E-state index contributed by atoms with van der Waals surface area (Å²) in [4.78, 5) is 25.8. The van der Waals surface area contributed by atoms with Crippen molar-refractivity contribution in [3.8, 4) is 5.75 Å². The molecule has 1 aromatic carbocycles. The number of thioether (sulfide) groups is 1. The molecule has 0 N–H and O–H groups in total. The van der Waals surface area contributed by atoms with Crippen LogP contribution in [0.2, 0.25) is 0 Å². The van der Waals surface area contributed by atoms with Crippen LogP contribution in [0.4, 0.5) is 4.79 Å². The average Bonchev–Trinajstić information content (AvgIpc) is 2.66. The maximum Gasteiger partial charge on any atom is 0.293 e. The van der Waals surface area contributed by atoms with Gasteiger partial charge in [-0.05, 0) is 81.6 Å². The number of carbonyl (C=O) groups is 2. The first kappa shape index (κ1) is 17.1. The van der Waals surface area contributed by atoms with Crippen LogP contribution in [0.15, 0.2) is 17.0 Å². The van der Waals surface area contributed by atoms with E-state index in [1.54, 1.807) is 13.2 Å². The monoisotopic (exact) mass is 529 g/mol. The summed E-state index contributed by atoms with van der Waals surface area (Å²) in [6.07, 6.45) is 2.50. The highest BCUT2D eigenvalue weighted by molar-refractivity contribution is 14.1. The van der Waals surface area contributed by atoms with E-state index in [1.807, 2.05) is 19.1 Å². The Morgan fingerprint density at radius 2 is 2.05 bits per heavy atom. The molecule has 7 heteroatoms. The number of amides is 2. The largest absolute Gasteiger partial charge is 0.495 e. The minimum Gasteiger partial charge on any atom is -0.495 e. The maximum absolute atomic E-state index is 12.3. The molecule has 1 aliphatic heterocycles. The topological polar surface area (TPSA) is 46.6 Å². The predicted molar refractivity (Wildman–Crippen MR) is 101 cm³/mol. The summed E-state index contributed by atoms with van der Waals surface area (Å²) in [5.74, 6) is 0.501. The molecule has 1 heterocycles. The smallest absolute Gasteiger partial charge is 0.293 e. The fourth-order valence-electron chi connectivity index (χ4n) is 1.96. The molecule has 0 atom stereocenters. The van der Waals surface area contributed by atoms with Crippen molar-refractivity contribution in [3.63, 3.8) is 0 Å². The number of halogens is 2.